The van der Waals surface area contributed by atoms with E-state index in [1.807, 2.05) is 37.3 Å². The standard InChI is InChI=1S/C18H16N4O3S/c1-2-15-20-13-5-3-4-6-14(13)22(15)10-17(24)25-11-16(23)21-18-12(9-19)7-8-26-18/h3-8H,2,10-11H2,1H3,(H,21,23). The van der Waals surface area contributed by atoms with Crippen LogP contribution in [0, 0.1) is 11.3 Å². The third-order valence-electron chi connectivity index (χ3n) is 3.74. The highest BCUT2D eigenvalue weighted by Gasteiger charge is 2.15. The molecule has 0 bridgehead atoms. The molecule has 3 rings (SSSR count). The van der Waals surface area contributed by atoms with Gasteiger partial charge in [0, 0.05) is 6.42 Å². The smallest absolute Gasteiger partial charge is 0.326 e. The van der Waals surface area contributed by atoms with Crippen LogP contribution < -0.4 is 5.32 Å². The van der Waals surface area contributed by atoms with Crippen LogP contribution in [-0.2, 0) is 27.3 Å². The summed E-state index contributed by atoms with van der Waals surface area (Å²) in [5.41, 5.74) is 2.05. The number of para-hydroxylation sites is 2. The van der Waals surface area contributed by atoms with Crippen molar-refractivity contribution < 1.29 is 14.3 Å². The van der Waals surface area contributed by atoms with E-state index >= 15 is 0 Å². The number of fused-ring (bicyclic) bond motifs is 1. The number of hydrogen-bond donors (Lipinski definition) is 1. The van der Waals surface area contributed by atoms with E-state index in [4.69, 9.17) is 10.00 Å². The van der Waals surface area contributed by atoms with Crippen LogP contribution in [0.15, 0.2) is 35.7 Å². The molecule has 0 spiro atoms. The van der Waals surface area contributed by atoms with E-state index in [1.165, 1.54) is 11.3 Å². The number of nitrogens with one attached hydrogen (secondary N) is 1. The summed E-state index contributed by atoms with van der Waals surface area (Å²) in [4.78, 5) is 28.6. The minimum absolute atomic E-state index is 0.0145. The number of thiophene rings is 1. The van der Waals surface area contributed by atoms with E-state index in [1.54, 1.807) is 16.0 Å². The maximum Gasteiger partial charge on any atom is 0.326 e. The van der Waals surface area contributed by atoms with Gasteiger partial charge < -0.3 is 14.6 Å². The SMILES string of the molecule is CCc1nc2ccccc2n1CC(=O)OCC(=O)Nc1sccc1C#N. The summed E-state index contributed by atoms with van der Waals surface area (Å²) < 4.78 is 6.86. The Morgan fingerprint density at radius 1 is 1.35 bits per heavy atom. The van der Waals surface area contributed by atoms with Gasteiger partial charge >= 0.3 is 5.97 Å². The lowest BCUT2D eigenvalue weighted by Crippen LogP contribution is -2.23. The number of rotatable bonds is 6. The van der Waals surface area contributed by atoms with Gasteiger partial charge in [-0.1, -0.05) is 19.1 Å². The molecule has 0 unspecified atom stereocenters. The predicted molar refractivity (Wildman–Crippen MR) is 97.7 cm³/mol. The van der Waals surface area contributed by atoms with Crippen LogP contribution in [0.4, 0.5) is 5.00 Å². The van der Waals surface area contributed by atoms with Crippen molar-refractivity contribution in [3.63, 3.8) is 0 Å². The van der Waals surface area contributed by atoms with Crippen molar-refractivity contribution >= 4 is 39.2 Å². The number of anilines is 1. The van der Waals surface area contributed by atoms with Crippen LogP contribution >= 0.6 is 11.3 Å². The second-order valence-electron chi connectivity index (χ2n) is 5.44. The van der Waals surface area contributed by atoms with E-state index < -0.39 is 18.5 Å². The van der Waals surface area contributed by atoms with Crippen molar-refractivity contribution in [1.29, 1.82) is 5.26 Å². The summed E-state index contributed by atoms with van der Waals surface area (Å²) >= 11 is 1.24. The fourth-order valence-corrected chi connectivity index (χ4v) is 3.30. The van der Waals surface area contributed by atoms with Gasteiger partial charge in [0.25, 0.3) is 5.91 Å². The maximum atomic E-state index is 12.2. The van der Waals surface area contributed by atoms with Crippen molar-refractivity contribution in [3.8, 4) is 6.07 Å². The molecule has 3 aromatic rings. The first kappa shape index (κ1) is 17.6. The minimum atomic E-state index is -0.523. The molecule has 0 aliphatic heterocycles. The van der Waals surface area contributed by atoms with Crippen molar-refractivity contribution in [2.45, 2.75) is 19.9 Å². The number of amides is 1. The normalized spacial score (nSPS) is 10.5. The first-order valence-corrected chi connectivity index (χ1v) is 8.87. The molecule has 0 fully saturated rings. The fourth-order valence-electron chi connectivity index (χ4n) is 2.55. The molecule has 0 radical (unpaired) electrons. The van der Waals surface area contributed by atoms with Gasteiger partial charge in [0.1, 0.15) is 23.4 Å². The second kappa shape index (κ2) is 7.80. The number of ether oxygens (including phenoxy) is 1. The Balaban J connectivity index is 1.61. The van der Waals surface area contributed by atoms with Gasteiger partial charge in [0.05, 0.1) is 16.6 Å². The molecule has 132 valence electrons. The quantitative estimate of drug-likeness (QED) is 0.675. The van der Waals surface area contributed by atoms with Gasteiger partial charge in [-0.2, -0.15) is 5.26 Å². The number of nitriles is 1. The van der Waals surface area contributed by atoms with Crippen molar-refractivity contribution in [2.75, 3.05) is 11.9 Å². The summed E-state index contributed by atoms with van der Waals surface area (Å²) in [7, 11) is 0. The third-order valence-corrected chi connectivity index (χ3v) is 4.57. The van der Waals surface area contributed by atoms with E-state index in [-0.39, 0.29) is 6.54 Å². The van der Waals surface area contributed by atoms with Gasteiger partial charge in [-0.25, -0.2) is 4.98 Å². The number of esters is 1. The van der Waals surface area contributed by atoms with Gasteiger partial charge in [0.2, 0.25) is 0 Å². The lowest BCUT2D eigenvalue weighted by Gasteiger charge is -2.09. The Labute approximate surface area is 153 Å². The predicted octanol–water partition coefficient (Wildman–Crippen LogP) is 2.71. The van der Waals surface area contributed by atoms with E-state index in [2.05, 4.69) is 10.3 Å². The van der Waals surface area contributed by atoms with Gasteiger partial charge in [-0.05, 0) is 23.6 Å². The van der Waals surface area contributed by atoms with Gasteiger partial charge in [-0.3, -0.25) is 9.59 Å². The first-order valence-electron chi connectivity index (χ1n) is 7.99. The average Bonchev–Trinajstić information content (AvgIpc) is 3.24. The van der Waals surface area contributed by atoms with E-state index in [0.717, 1.165) is 16.9 Å². The first-order chi connectivity index (χ1) is 12.6. The van der Waals surface area contributed by atoms with Crippen molar-refractivity contribution in [2.24, 2.45) is 0 Å². The molecule has 2 heterocycles. The lowest BCUT2D eigenvalue weighted by atomic mass is 10.3. The summed E-state index contributed by atoms with van der Waals surface area (Å²) in [6.07, 6.45) is 0.678. The Kier molecular flexibility index (Phi) is 5.29. The molecule has 8 heteroatoms. The lowest BCUT2D eigenvalue weighted by molar-refractivity contribution is -0.147. The molecule has 0 aliphatic carbocycles. The Morgan fingerprint density at radius 2 is 2.15 bits per heavy atom. The molecular formula is C18H16N4O3S. The number of benzene rings is 1. The summed E-state index contributed by atoms with van der Waals surface area (Å²) in [5, 5.41) is 13.6. The van der Waals surface area contributed by atoms with Crippen LogP contribution in [0.3, 0.4) is 0 Å². The zero-order valence-electron chi connectivity index (χ0n) is 14.1. The summed E-state index contributed by atoms with van der Waals surface area (Å²) in [5.74, 6) is -0.224. The Morgan fingerprint density at radius 3 is 2.92 bits per heavy atom. The number of carbonyl (C=O) groups is 2. The monoisotopic (exact) mass is 368 g/mol. The fraction of sp³-hybridized carbons (Fsp3) is 0.222. The van der Waals surface area contributed by atoms with Crippen LogP contribution in [0.2, 0.25) is 0 Å². The Bertz CT molecular complexity index is 999. The van der Waals surface area contributed by atoms with Crippen LogP contribution in [0.25, 0.3) is 11.0 Å². The molecule has 7 nitrogen and oxygen atoms in total. The molecule has 1 amide bonds. The number of nitrogens with zero attached hydrogens (tertiary/aromatic N) is 3. The zero-order valence-corrected chi connectivity index (χ0v) is 14.9. The molecule has 1 aromatic carbocycles. The topological polar surface area (TPSA) is 97.0 Å². The number of aryl methyl sites for hydroxylation is 1. The number of carbonyl (C=O) groups excluding carboxylic acids is 2. The van der Waals surface area contributed by atoms with Crippen LogP contribution in [0.5, 0.6) is 0 Å². The Hall–Kier alpha value is -3.18. The molecule has 2 aromatic heterocycles. The number of aromatic nitrogens is 2. The van der Waals surface area contributed by atoms with Crippen LogP contribution in [0.1, 0.15) is 18.3 Å². The van der Waals surface area contributed by atoms with Crippen molar-refractivity contribution in [1.82, 2.24) is 9.55 Å². The highest BCUT2D eigenvalue weighted by Crippen LogP contribution is 2.22. The van der Waals surface area contributed by atoms with Gasteiger partial charge in [0.15, 0.2) is 6.61 Å². The molecule has 0 saturated heterocycles. The van der Waals surface area contributed by atoms with E-state index in [9.17, 15) is 9.59 Å². The molecule has 0 aliphatic rings. The number of imidazole rings is 1. The largest absolute Gasteiger partial charge is 0.454 e. The average molecular weight is 368 g/mol. The maximum absolute atomic E-state index is 12.2. The second-order valence-corrected chi connectivity index (χ2v) is 6.36. The van der Waals surface area contributed by atoms with Gasteiger partial charge in [-0.15, -0.1) is 11.3 Å². The third kappa shape index (κ3) is 3.73. The van der Waals surface area contributed by atoms with E-state index in [0.29, 0.717) is 17.0 Å². The highest BCUT2D eigenvalue weighted by atomic mass is 32.1. The summed E-state index contributed by atoms with van der Waals surface area (Å²) in [6, 6.07) is 11.1. The molecular weight excluding hydrogens is 352 g/mol. The number of hydrogen-bond acceptors (Lipinski definition) is 6. The van der Waals surface area contributed by atoms with Crippen molar-refractivity contribution in [3.05, 3.63) is 47.1 Å². The highest BCUT2D eigenvalue weighted by molar-refractivity contribution is 7.14. The summed E-state index contributed by atoms with van der Waals surface area (Å²) in [6.45, 7) is 1.54. The molecule has 26 heavy (non-hydrogen) atoms. The molecule has 0 saturated carbocycles. The minimum Gasteiger partial charge on any atom is -0.454 e. The molecule has 0 atom stereocenters. The molecule has 1 N–H and O–H groups in total. The zero-order chi connectivity index (χ0) is 18.5. The van der Waals surface area contributed by atoms with Crippen LogP contribution in [-0.4, -0.2) is 28.0 Å².